The van der Waals surface area contributed by atoms with Crippen molar-refractivity contribution in [3.05, 3.63) is 102 Å². The summed E-state index contributed by atoms with van der Waals surface area (Å²) in [6, 6.07) is 30.3. The maximum Gasteiger partial charge on any atom is 0.240 e. The van der Waals surface area contributed by atoms with Gasteiger partial charge in [-0.2, -0.15) is 0 Å². The molecule has 0 N–H and O–H groups in total. The third-order valence-corrected chi connectivity index (χ3v) is 4.99. The molecule has 1 fully saturated rings. The Bertz CT molecular complexity index is 845. The van der Waals surface area contributed by atoms with E-state index in [4.69, 9.17) is 0 Å². The Kier molecular flexibility index (Phi) is 3.46. The minimum atomic E-state index is -0.543. The third-order valence-electron chi connectivity index (χ3n) is 4.99. The Morgan fingerprint density at radius 3 is 1.83 bits per heavy atom. The fourth-order valence-electron chi connectivity index (χ4n) is 3.71. The van der Waals surface area contributed by atoms with Crippen molar-refractivity contribution in [1.82, 2.24) is 0 Å². The molecule has 1 heterocycles. The number of rotatable bonds is 3. The van der Waals surface area contributed by atoms with Gasteiger partial charge >= 0.3 is 0 Å². The molecule has 1 aliphatic heterocycles. The molecule has 1 amide bonds. The molecule has 0 unspecified atom stereocenters. The average molecular weight is 313 g/mol. The molecular formula is C22H19NO. The molecule has 0 saturated carbocycles. The largest absolute Gasteiger partial charge is 0.303 e. The molecule has 24 heavy (non-hydrogen) atoms. The van der Waals surface area contributed by atoms with Gasteiger partial charge in [0.15, 0.2) is 0 Å². The normalized spacial score (nSPS) is 23.0. The van der Waals surface area contributed by atoms with E-state index in [1.54, 1.807) is 0 Å². The minimum Gasteiger partial charge on any atom is -0.303 e. The molecule has 118 valence electrons. The van der Waals surface area contributed by atoms with Gasteiger partial charge in [-0.05, 0) is 30.2 Å². The lowest BCUT2D eigenvalue weighted by Crippen LogP contribution is -2.65. The van der Waals surface area contributed by atoms with Gasteiger partial charge in [0, 0.05) is 5.69 Å². The van der Waals surface area contributed by atoms with Crippen LogP contribution in [0.3, 0.4) is 0 Å². The molecule has 1 aliphatic rings. The lowest BCUT2D eigenvalue weighted by molar-refractivity contribution is -0.132. The van der Waals surface area contributed by atoms with Gasteiger partial charge in [-0.1, -0.05) is 78.9 Å². The molecule has 0 aromatic heterocycles. The molecule has 4 rings (SSSR count). The summed E-state index contributed by atoms with van der Waals surface area (Å²) in [4.78, 5) is 15.1. The monoisotopic (exact) mass is 313 g/mol. The number of benzene rings is 3. The second kappa shape index (κ2) is 5.64. The maximum absolute atomic E-state index is 13.2. The smallest absolute Gasteiger partial charge is 0.240 e. The van der Waals surface area contributed by atoms with E-state index in [1.807, 2.05) is 71.6 Å². The highest BCUT2D eigenvalue weighted by Crippen LogP contribution is 2.53. The fourth-order valence-corrected chi connectivity index (χ4v) is 3.71. The topological polar surface area (TPSA) is 20.3 Å². The Balaban J connectivity index is 1.85. The van der Waals surface area contributed by atoms with Gasteiger partial charge in [0.25, 0.3) is 0 Å². The summed E-state index contributed by atoms with van der Waals surface area (Å²) >= 11 is 0. The number of para-hydroxylation sites is 1. The molecule has 0 radical (unpaired) electrons. The highest BCUT2D eigenvalue weighted by atomic mass is 16.2. The lowest BCUT2D eigenvalue weighted by atomic mass is 9.64. The molecule has 0 aliphatic carbocycles. The van der Waals surface area contributed by atoms with Gasteiger partial charge in [-0.25, -0.2) is 0 Å². The van der Waals surface area contributed by atoms with E-state index in [1.165, 1.54) is 0 Å². The third kappa shape index (κ3) is 2.07. The molecule has 2 heteroatoms. The summed E-state index contributed by atoms with van der Waals surface area (Å²) in [5, 5.41) is 0. The fraction of sp³-hybridized carbons (Fsp3) is 0.136. The first-order valence-electron chi connectivity index (χ1n) is 8.22. The lowest BCUT2D eigenvalue weighted by Gasteiger charge is -2.55. The maximum atomic E-state index is 13.2. The number of carbonyl (C=O) groups is 1. The zero-order valence-corrected chi connectivity index (χ0v) is 13.6. The van der Waals surface area contributed by atoms with Crippen LogP contribution in [0.15, 0.2) is 91.0 Å². The molecule has 1 saturated heterocycles. The summed E-state index contributed by atoms with van der Waals surface area (Å²) < 4.78 is 0. The van der Waals surface area contributed by atoms with Crippen LogP contribution in [0.5, 0.6) is 0 Å². The molecule has 2 atom stereocenters. The van der Waals surface area contributed by atoms with E-state index in [2.05, 4.69) is 31.2 Å². The van der Waals surface area contributed by atoms with E-state index < -0.39 is 5.41 Å². The van der Waals surface area contributed by atoms with Crippen LogP contribution in [0, 0.1) is 0 Å². The van der Waals surface area contributed by atoms with E-state index in [-0.39, 0.29) is 11.9 Å². The highest BCUT2D eigenvalue weighted by molar-refractivity contribution is 6.09. The van der Waals surface area contributed by atoms with Gasteiger partial charge in [0.1, 0.15) is 0 Å². The second-order valence-corrected chi connectivity index (χ2v) is 6.39. The van der Waals surface area contributed by atoms with Crippen LogP contribution < -0.4 is 4.90 Å². The van der Waals surface area contributed by atoms with Crippen molar-refractivity contribution in [1.29, 1.82) is 0 Å². The summed E-state index contributed by atoms with van der Waals surface area (Å²) in [6.45, 7) is 2.06. The van der Waals surface area contributed by atoms with Crippen molar-refractivity contribution in [3.63, 3.8) is 0 Å². The quantitative estimate of drug-likeness (QED) is 0.640. The SMILES string of the molecule is C[C@]1(c2ccccc2)C(=O)N(c2ccccc2)[C@@H]1c1ccccc1. The van der Waals surface area contributed by atoms with Crippen molar-refractivity contribution < 1.29 is 4.79 Å². The predicted octanol–water partition coefficient (Wildman–Crippen LogP) is 4.73. The zero-order valence-electron chi connectivity index (χ0n) is 13.6. The van der Waals surface area contributed by atoms with Gasteiger partial charge in [-0.15, -0.1) is 0 Å². The van der Waals surface area contributed by atoms with Crippen LogP contribution in [0.2, 0.25) is 0 Å². The van der Waals surface area contributed by atoms with Crippen molar-refractivity contribution in [2.24, 2.45) is 0 Å². The van der Waals surface area contributed by atoms with E-state index in [9.17, 15) is 4.79 Å². The summed E-state index contributed by atoms with van der Waals surface area (Å²) in [5.74, 6) is 0.147. The Morgan fingerprint density at radius 1 is 0.750 bits per heavy atom. The first-order valence-corrected chi connectivity index (χ1v) is 8.22. The molecule has 2 nitrogen and oxygen atoms in total. The summed E-state index contributed by atoms with van der Waals surface area (Å²) in [7, 11) is 0. The molecule has 0 bridgehead atoms. The van der Waals surface area contributed by atoms with Crippen molar-refractivity contribution in [2.45, 2.75) is 18.4 Å². The number of nitrogens with zero attached hydrogens (tertiary/aromatic N) is 1. The van der Waals surface area contributed by atoms with Gasteiger partial charge in [0.2, 0.25) is 5.91 Å². The molecule has 3 aromatic carbocycles. The van der Waals surface area contributed by atoms with Crippen molar-refractivity contribution in [3.8, 4) is 0 Å². The van der Waals surface area contributed by atoms with Crippen LogP contribution in [-0.2, 0) is 10.2 Å². The first kappa shape index (κ1) is 14.7. The number of hydrogen-bond donors (Lipinski definition) is 0. The van der Waals surface area contributed by atoms with Crippen molar-refractivity contribution >= 4 is 11.6 Å². The van der Waals surface area contributed by atoms with E-state index in [0.717, 1.165) is 16.8 Å². The summed E-state index contributed by atoms with van der Waals surface area (Å²) in [5.41, 5.74) is 2.63. The average Bonchev–Trinajstić information content (AvgIpc) is 2.67. The second-order valence-electron chi connectivity index (χ2n) is 6.39. The van der Waals surface area contributed by atoms with E-state index in [0.29, 0.717) is 0 Å². The number of hydrogen-bond acceptors (Lipinski definition) is 1. The molecule has 0 spiro atoms. The molecule has 3 aromatic rings. The van der Waals surface area contributed by atoms with Crippen LogP contribution in [-0.4, -0.2) is 5.91 Å². The van der Waals surface area contributed by atoms with Crippen LogP contribution in [0.1, 0.15) is 24.1 Å². The molecular weight excluding hydrogens is 294 g/mol. The van der Waals surface area contributed by atoms with Crippen LogP contribution in [0.4, 0.5) is 5.69 Å². The number of anilines is 1. The Morgan fingerprint density at radius 2 is 1.25 bits per heavy atom. The summed E-state index contributed by atoms with van der Waals surface area (Å²) in [6.07, 6.45) is 0. The van der Waals surface area contributed by atoms with Gasteiger partial charge in [-0.3, -0.25) is 4.79 Å². The van der Waals surface area contributed by atoms with Gasteiger partial charge < -0.3 is 4.90 Å². The highest BCUT2D eigenvalue weighted by Gasteiger charge is 2.59. The number of β-lactam (4-membered cyclic amide) rings is 1. The Hall–Kier alpha value is -2.87. The Labute approximate surface area is 142 Å². The standard InChI is InChI=1S/C22H19NO/c1-22(18-13-7-3-8-14-18)20(17-11-5-2-6-12-17)23(21(22)24)19-15-9-4-10-16-19/h2-16,20H,1H3/t20-,22-/m1/s1. The van der Waals surface area contributed by atoms with E-state index >= 15 is 0 Å². The van der Waals surface area contributed by atoms with Gasteiger partial charge in [0.05, 0.1) is 11.5 Å². The minimum absolute atomic E-state index is 0.00370. The zero-order chi connectivity index (χ0) is 16.6. The number of amides is 1. The van der Waals surface area contributed by atoms with Crippen molar-refractivity contribution in [2.75, 3.05) is 4.90 Å². The first-order chi connectivity index (χ1) is 11.7. The van der Waals surface area contributed by atoms with Crippen LogP contribution >= 0.6 is 0 Å². The predicted molar refractivity (Wildman–Crippen MR) is 96.9 cm³/mol. The number of carbonyl (C=O) groups excluding carboxylic acids is 1. The van der Waals surface area contributed by atoms with Crippen LogP contribution in [0.25, 0.3) is 0 Å².